The molecule has 0 unspecified atom stereocenters. The van der Waals surface area contributed by atoms with Crippen molar-refractivity contribution in [3.8, 4) is 0 Å². The number of aliphatic carboxylic acids is 2. The smallest absolute Gasteiger partial charge is 0.324 e. The second-order valence-corrected chi connectivity index (χ2v) is 6.87. The lowest BCUT2D eigenvalue weighted by Crippen LogP contribution is -2.52. The number of nitrogens with one attached hydrogen (secondary N) is 2. The predicted molar refractivity (Wildman–Crippen MR) is 86.8 cm³/mol. The number of para-hydroxylation sites is 1. The van der Waals surface area contributed by atoms with Crippen molar-refractivity contribution in [2.24, 2.45) is 23.5 Å². The van der Waals surface area contributed by atoms with Crippen molar-refractivity contribution in [3.63, 3.8) is 0 Å². The standard InChI is InChI=1S/C17H17N3O5/c18-17(16(24)25)6-10(11-12(13(11)17)15(22)23)20-14(21)9-5-7-3-1-2-4-8(7)19-9/h1-5,10-13,19H,6,18H2,(H,20,21)(H,22,23)(H,24,25)/t10-,11-,12-,13-,17-/m0/s1. The van der Waals surface area contributed by atoms with E-state index in [0.29, 0.717) is 5.69 Å². The highest BCUT2D eigenvalue weighted by atomic mass is 16.4. The Hall–Kier alpha value is -2.87. The molecular weight excluding hydrogens is 326 g/mol. The van der Waals surface area contributed by atoms with Crippen LogP contribution in [-0.2, 0) is 9.59 Å². The zero-order chi connectivity index (χ0) is 17.9. The molecule has 25 heavy (non-hydrogen) atoms. The number of carboxylic acids is 2. The van der Waals surface area contributed by atoms with E-state index >= 15 is 0 Å². The van der Waals surface area contributed by atoms with Gasteiger partial charge in [0.1, 0.15) is 11.2 Å². The van der Waals surface area contributed by atoms with Crippen LogP contribution >= 0.6 is 0 Å². The van der Waals surface area contributed by atoms with Crippen LogP contribution in [0.25, 0.3) is 10.9 Å². The summed E-state index contributed by atoms with van der Waals surface area (Å²) in [4.78, 5) is 38.4. The van der Waals surface area contributed by atoms with Crippen LogP contribution in [0.3, 0.4) is 0 Å². The molecule has 1 aromatic heterocycles. The van der Waals surface area contributed by atoms with Gasteiger partial charge in [-0.1, -0.05) is 18.2 Å². The summed E-state index contributed by atoms with van der Waals surface area (Å²) in [5.74, 6) is -4.64. The molecule has 1 amide bonds. The zero-order valence-electron chi connectivity index (χ0n) is 13.1. The number of amides is 1. The molecule has 0 radical (unpaired) electrons. The lowest BCUT2D eigenvalue weighted by Gasteiger charge is -2.24. The first-order valence-corrected chi connectivity index (χ1v) is 7.96. The van der Waals surface area contributed by atoms with E-state index in [-0.39, 0.29) is 6.42 Å². The molecular formula is C17H17N3O5. The van der Waals surface area contributed by atoms with Crippen molar-refractivity contribution in [2.75, 3.05) is 0 Å². The van der Waals surface area contributed by atoms with Crippen LogP contribution in [0, 0.1) is 17.8 Å². The van der Waals surface area contributed by atoms with E-state index in [9.17, 15) is 24.6 Å². The van der Waals surface area contributed by atoms with Crippen molar-refractivity contribution in [1.29, 1.82) is 0 Å². The first-order chi connectivity index (χ1) is 11.8. The molecule has 0 saturated heterocycles. The van der Waals surface area contributed by atoms with Crippen LogP contribution in [0.2, 0.25) is 0 Å². The van der Waals surface area contributed by atoms with E-state index in [4.69, 9.17) is 5.73 Å². The topological polar surface area (TPSA) is 146 Å². The number of rotatable bonds is 4. The monoisotopic (exact) mass is 343 g/mol. The average Bonchev–Trinajstić information content (AvgIpc) is 3.06. The maximum atomic E-state index is 12.5. The Balaban J connectivity index is 1.57. The van der Waals surface area contributed by atoms with Gasteiger partial charge in [-0.3, -0.25) is 14.4 Å². The summed E-state index contributed by atoms with van der Waals surface area (Å²) >= 11 is 0. The number of H-pyrrole nitrogens is 1. The molecule has 130 valence electrons. The number of nitrogens with two attached hydrogens (primary N) is 1. The van der Waals surface area contributed by atoms with E-state index < -0.39 is 47.2 Å². The van der Waals surface area contributed by atoms with E-state index in [1.54, 1.807) is 6.07 Å². The fourth-order valence-electron chi connectivity index (χ4n) is 4.27. The van der Waals surface area contributed by atoms with Gasteiger partial charge in [0, 0.05) is 22.9 Å². The van der Waals surface area contributed by atoms with Crippen LogP contribution in [0.1, 0.15) is 16.9 Å². The molecule has 1 heterocycles. The molecule has 8 heteroatoms. The van der Waals surface area contributed by atoms with Gasteiger partial charge in [-0.25, -0.2) is 0 Å². The van der Waals surface area contributed by atoms with E-state index in [2.05, 4.69) is 10.3 Å². The maximum absolute atomic E-state index is 12.5. The number of aromatic nitrogens is 1. The molecule has 5 atom stereocenters. The van der Waals surface area contributed by atoms with E-state index in [0.717, 1.165) is 10.9 Å². The molecule has 2 saturated carbocycles. The lowest BCUT2D eigenvalue weighted by molar-refractivity contribution is -0.145. The number of carboxylic acid groups (broad SMARTS) is 2. The molecule has 6 N–H and O–H groups in total. The van der Waals surface area contributed by atoms with Gasteiger partial charge in [-0.2, -0.15) is 0 Å². The van der Waals surface area contributed by atoms with E-state index in [1.165, 1.54) is 0 Å². The Morgan fingerprint density at radius 3 is 2.60 bits per heavy atom. The van der Waals surface area contributed by atoms with Crippen LogP contribution in [-0.4, -0.2) is 44.6 Å². The van der Waals surface area contributed by atoms with Gasteiger partial charge < -0.3 is 26.2 Å². The molecule has 2 aliphatic rings. The van der Waals surface area contributed by atoms with Gasteiger partial charge >= 0.3 is 11.9 Å². The number of carbonyl (C=O) groups is 3. The van der Waals surface area contributed by atoms with Crippen molar-refractivity contribution in [2.45, 2.75) is 18.0 Å². The van der Waals surface area contributed by atoms with Crippen molar-refractivity contribution < 1.29 is 24.6 Å². The number of hydrogen-bond acceptors (Lipinski definition) is 4. The minimum atomic E-state index is -1.62. The van der Waals surface area contributed by atoms with Gasteiger partial charge in [0.25, 0.3) is 5.91 Å². The number of fused-ring (bicyclic) bond motifs is 2. The van der Waals surface area contributed by atoms with Gasteiger partial charge in [0.05, 0.1) is 5.92 Å². The molecule has 4 rings (SSSR count). The van der Waals surface area contributed by atoms with Crippen LogP contribution < -0.4 is 11.1 Å². The van der Waals surface area contributed by atoms with Gasteiger partial charge in [-0.05, 0) is 24.5 Å². The highest BCUT2D eigenvalue weighted by molar-refractivity contribution is 5.98. The Labute approximate surface area is 142 Å². The van der Waals surface area contributed by atoms with Crippen LogP contribution in [0.5, 0.6) is 0 Å². The van der Waals surface area contributed by atoms with Crippen LogP contribution in [0.4, 0.5) is 0 Å². The summed E-state index contributed by atoms with van der Waals surface area (Å²) in [6, 6.07) is 8.53. The second-order valence-electron chi connectivity index (χ2n) is 6.87. The third-order valence-electron chi connectivity index (χ3n) is 5.47. The number of carbonyl (C=O) groups excluding carboxylic acids is 1. The summed E-state index contributed by atoms with van der Waals surface area (Å²) < 4.78 is 0. The first kappa shape index (κ1) is 15.6. The average molecular weight is 343 g/mol. The molecule has 2 aliphatic carbocycles. The molecule has 0 aliphatic heterocycles. The highest BCUT2D eigenvalue weighted by Gasteiger charge is 2.74. The molecule has 0 bridgehead atoms. The molecule has 1 aromatic carbocycles. The quantitative estimate of drug-likeness (QED) is 0.543. The fourth-order valence-corrected chi connectivity index (χ4v) is 4.27. The highest BCUT2D eigenvalue weighted by Crippen LogP contribution is 2.61. The Morgan fingerprint density at radius 1 is 1.24 bits per heavy atom. The first-order valence-electron chi connectivity index (χ1n) is 7.96. The third kappa shape index (κ3) is 2.21. The Morgan fingerprint density at radius 2 is 1.96 bits per heavy atom. The Kier molecular flexibility index (Phi) is 3.17. The molecule has 0 spiro atoms. The van der Waals surface area contributed by atoms with Gasteiger partial charge in [0.15, 0.2) is 0 Å². The summed E-state index contributed by atoms with van der Waals surface area (Å²) in [6.45, 7) is 0. The molecule has 2 fully saturated rings. The summed E-state index contributed by atoms with van der Waals surface area (Å²) in [7, 11) is 0. The van der Waals surface area contributed by atoms with Crippen molar-refractivity contribution in [1.82, 2.24) is 10.3 Å². The van der Waals surface area contributed by atoms with Crippen molar-refractivity contribution in [3.05, 3.63) is 36.0 Å². The second kappa shape index (κ2) is 5.06. The van der Waals surface area contributed by atoms with E-state index in [1.807, 2.05) is 24.3 Å². The van der Waals surface area contributed by atoms with Gasteiger partial charge in [-0.15, -0.1) is 0 Å². The van der Waals surface area contributed by atoms with Crippen molar-refractivity contribution >= 4 is 28.7 Å². The lowest BCUT2D eigenvalue weighted by atomic mass is 9.90. The summed E-state index contributed by atoms with van der Waals surface area (Å²) in [5.41, 5.74) is 5.49. The minimum Gasteiger partial charge on any atom is -0.481 e. The third-order valence-corrected chi connectivity index (χ3v) is 5.47. The largest absolute Gasteiger partial charge is 0.481 e. The fraction of sp³-hybridized carbons (Fsp3) is 0.353. The maximum Gasteiger partial charge on any atom is 0.324 e. The molecule has 8 nitrogen and oxygen atoms in total. The zero-order valence-corrected chi connectivity index (χ0v) is 13.1. The summed E-state index contributed by atoms with van der Waals surface area (Å²) in [6.07, 6.45) is 0.0212. The minimum absolute atomic E-state index is 0.0212. The van der Waals surface area contributed by atoms with Crippen LogP contribution in [0.15, 0.2) is 30.3 Å². The summed E-state index contributed by atoms with van der Waals surface area (Å²) in [5, 5.41) is 22.3. The normalized spacial score (nSPS) is 33.0. The molecule has 2 aromatic rings. The van der Waals surface area contributed by atoms with Gasteiger partial charge in [0.2, 0.25) is 0 Å². The number of benzene rings is 1. The SMILES string of the molecule is N[C@@]1(C(=O)O)C[C@H](NC(=O)c2cc3ccccc3[nH]2)[C@H]2[C@H](C(=O)O)[C@H]21. The number of hydrogen-bond donors (Lipinski definition) is 5. The predicted octanol–water partition coefficient (Wildman–Crippen LogP) is 0.399. The Bertz CT molecular complexity index is 874. The number of aromatic amines is 1.